The van der Waals surface area contributed by atoms with Crippen molar-refractivity contribution < 1.29 is 22.4 Å². The van der Waals surface area contributed by atoms with Crippen molar-refractivity contribution in [2.24, 2.45) is 0 Å². The molecule has 0 aliphatic rings. The fraction of sp³-hybridized carbons (Fsp3) is 0.267. The summed E-state index contributed by atoms with van der Waals surface area (Å²) in [6, 6.07) is 6.36. The minimum atomic E-state index is -4.35. The molecule has 1 heterocycles. The van der Waals surface area contributed by atoms with Gasteiger partial charge in [0.25, 0.3) is 0 Å². The van der Waals surface area contributed by atoms with Crippen molar-refractivity contribution in [3.63, 3.8) is 0 Å². The predicted molar refractivity (Wildman–Crippen MR) is 68.5 cm³/mol. The normalized spacial score (nSPS) is 11.7. The van der Waals surface area contributed by atoms with Crippen LogP contribution in [0, 0.1) is 6.92 Å². The van der Waals surface area contributed by atoms with Gasteiger partial charge in [-0.25, -0.2) is 0 Å². The summed E-state index contributed by atoms with van der Waals surface area (Å²) in [6.07, 6.45) is -4.04. The molecule has 0 amide bonds. The molecule has 0 saturated carbocycles. The Balaban J connectivity index is 2.37. The molecule has 0 aliphatic heterocycles. The number of alkyl halides is 3. The molecule has 0 saturated heterocycles. The summed E-state index contributed by atoms with van der Waals surface area (Å²) in [5.41, 5.74) is 0.525. The summed E-state index contributed by atoms with van der Waals surface area (Å²) < 4.78 is 42.8. The van der Waals surface area contributed by atoms with Gasteiger partial charge in [0.2, 0.25) is 0 Å². The lowest BCUT2D eigenvalue weighted by Crippen LogP contribution is -2.03. The van der Waals surface area contributed by atoms with Crippen LogP contribution >= 0.6 is 0 Å². The second-order valence-corrected chi connectivity index (χ2v) is 4.43. The Bertz CT molecular complexity index is 622. The zero-order chi connectivity index (χ0) is 14.9. The SMILES string of the molecule is CCC(=O)c1cc(-c2ccc(C(F)(F)F)cc2)c(C)o1. The van der Waals surface area contributed by atoms with Crippen molar-refractivity contribution in [1.29, 1.82) is 0 Å². The van der Waals surface area contributed by atoms with Crippen LogP contribution in [0.3, 0.4) is 0 Å². The van der Waals surface area contributed by atoms with Gasteiger partial charge in [0.15, 0.2) is 11.5 Å². The van der Waals surface area contributed by atoms with E-state index in [1.807, 2.05) is 0 Å². The molecule has 1 aromatic heterocycles. The predicted octanol–water partition coefficient (Wildman–Crippen LogP) is 4.87. The molecule has 2 aromatic rings. The van der Waals surface area contributed by atoms with Gasteiger partial charge in [-0.2, -0.15) is 13.2 Å². The fourth-order valence-corrected chi connectivity index (χ4v) is 1.92. The molecule has 0 fully saturated rings. The minimum Gasteiger partial charge on any atom is -0.458 e. The average molecular weight is 282 g/mol. The van der Waals surface area contributed by atoms with E-state index in [1.165, 1.54) is 12.1 Å². The van der Waals surface area contributed by atoms with E-state index in [9.17, 15) is 18.0 Å². The lowest BCUT2D eigenvalue weighted by atomic mass is 10.0. The minimum absolute atomic E-state index is 0.133. The molecule has 106 valence electrons. The van der Waals surface area contributed by atoms with E-state index in [4.69, 9.17) is 4.42 Å². The van der Waals surface area contributed by atoms with Gasteiger partial charge in [0.05, 0.1) is 5.56 Å². The lowest BCUT2D eigenvalue weighted by Gasteiger charge is -2.07. The zero-order valence-electron chi connectivity index (χ0n) is 11.0. The smallest absolute Gasteiger partial charge is 0.416 e. The standard InChI is InChI=1S/C15H13F3O2/c1-3-13(19)14-8-12(9(2)20-14)10-4-6-11(7-5-10)15(16,17)18/h4-8H,3H2,1-2H3. The van der Waals surface area contributed by atoms with Crippen molar-refractivity contribution in [3.8, 4) is 11.1 Å². The Labute approximate surface area is 114 Å². The van der Waals surface area contributed by atoms with Crippen LogP contribution in [0.2, 0.25) is 0 Å². The highest BCUT2D eigenvalue weighted by Gasteiger charge is 2.30. The van der Waals surface area contributed by atoms with Crippen LogP contribution < -0.4 is 0 Å². The molecule has 20 heavy (non-hydrogen) atoms. The number of furan rings is 1. The van der Waals surface area contributed by atoms with Crippen molar-refractivity contribution in [3.05, 3.63) is 47.4 Å². The second kappa shape index (κ2) is 5.15. The molecule has 0 bridgehead atoms. The topological polar surface area (TPSA) is 30.2 Å². The Morgan fingerprint density at radius 1 is 1.20 bits per heavy atom. The summed E-state index contributed by atoms with van der Waals surface area (Å²) in [7, 11) is 0. The first kappa shape index (κ1) is 14.4. The molecular formula is C15H13F3O2. The molecule has 5 heteroatoms. The number of Topliss-reactive ketones (excluding diaryl/α,β-unsaturated/α-hetero) is 1. The third-order valence-corrected chi connectivity index (χ3v) is 3.04. The highest BCUT2D eigenvalue weighted by atomic mass is 19.4. The Morgan fingerprint density at radius 3 is 2.30 bits per heavy atom. The van der Waals surface area contributed by atoms with Gasteiger partial charge in [0, 0.05) is 12.0 Å². The number of halogens is 3. The van der Waals surface area contributed by atoms with E-state index in [0.717, 1.165) is 12.1 Å². The molecule has 0 radical (unpaired) electrons. The molecule has 0 atom stereocenters. The monoisotopic (exact) mass is 282 g/mol. The maximum Gasteiger partial charge on any atom is 0.416 e. The number of rotatable bonds is 3. The first-order valence-corrected chi connectivity index (χ1v) is 6.14. The van der Waals surface area contributed by atoms with Gasteiger partial charge in [-0.1, -0.05) is 19.1 Å². The van der Waals surface area contributed by atoms with E-state index in [0.29, 0.717) is 23.3 Å². The van der Waals surface area contributed by atoms with Gasteiger partial charge in [0.1, 0.15) is 5.76 Å². The summed E-state index contributed by atoms with van der Waals surface area (Å²) >= 11 is 0. The summed E-state index contributed by atoms with van der Waals surface area (Å²) in [6.45, 7) is 3.40. The van der Waals surface area contributed by atoms with E-state index in [2.05, 4.69) is 0 Å². The van der Waals surface area contributed by atoms with Gasteiger partial charge in [-0.3, -0.25) is 4.79 Å². The third kappa shape index (κ3) is 2.76. The maximum absolute atomic E-state index is 12.5. The summed E-state index contributed by atoms with van der Waals surface area (Å²) in [5.74, 6) is 0.618. The second-order valence-electron chi connectivity index (χ2n) is 4.43. The van der Waals surface area contributed by atoms with Crippen LogP contribution in [0.1, 0.15) is 35.2 Å². The number of hydrogen-bond donors (Lipinski definition) is 0. The molecule has 0 spiro atoms. The Kier molecular flexibility index (Phi) is 3.70. The van der Waals surface area contributed by atoms with Crippen molar-refractivity contribution >= 4 is 5.78 Å². The van der Waals surface area contributed by atoms with E-state index in [-0.39, 0.29) is 11.5 Å². The summed E-state index contributed by atoms with van der Waals surface area (Å²) in [5, 5.41) is 0. The van der Waals surface area contributed by atoms with Gasteiger partial charge >= 0.3 is 6.18 Å². The van der Waals surface area contributed by atoms with Crippen molar-refractivity contribution in [2.75, 3.05) is 0 Å². The Morgan fingerprint density at radius 2 is 1.80 bits per heavy atom. The molecular weight excluding hydrogens is 269 g/mol. The molecule has 0 N–H and O–H groups in total. The maximum atomic E-state index is 12.5. The molecule has 1 aromatic carbocycles. The highest BCUT2D eigenvalue weighted by molar-refractivity contribution is 5.94. The first-order chi connectivity index (χ1) is 9.32. The number of carbonyl (C=O) groups is 1. The first-order valence-electron chi connectivity index (χ1n) is 6.14. The molecule has 2 rings (SSSR count). The van der Waals surface area contributed by atoms with Crippen LogP contribution in [0.5, 0.6) is 0 Å². The quantitative estimate of drug-likeness (QED) is 0.752. The van der Waals surface area contributed by atoms with Gasteiger partial charge in [-0.05, 0) is 30.7 Å². The number of aryl methyl sites for hydroxylation is 1. The third-order valence-electron chi connectivity index (χ3n) is 3.04. The van der Waals surface area contributed by atoms with Crippen molar-refractivity contribution in [1.82, 2.24) is 0 Å². The lowest BCUT2D eigenvalue weighted by molar-refractivity contribution is -0.137. The van der Waals surface area contributed by atoms with E-state index in [1.54, 1.807) is 19.9 Å². The molecule has 0 unspecified atom stereocenters. The van der Waals surface area contributed by atoms with Crippen LogP contribution in [-0.2, 0) is 6.18 Å². The summed E-state index contributed by atoms with van der Waals surface area (Å²) in [4.78, 5) is 11.6. The number of ketones is 1. The Hall–Kier alpha value is -2.04. The largest absolute Gasteiger partial charge is 0.458 e. The molecule has 2 nitrogen and oxygen atoms in total. The van der Waals surface area contributed by atoms with E-state index >= 15 is 0 Å². The van der Waals surface area contributed by atoms with Crippen LogP contribution in [0.25, 0.3) is 11.1 Å². The number of hydrogen-bond acceptors (Lipinski definition) is 2. The zero-order valence-corrected chi connectivity index (χ0v) is 11.0. The van der Waals surface area contributed by atoms with E-state index < -0.39 is 11.7 Å². The fourth-order valence-electron chi connectivity index (χ4n) is 1.92. The van der Waals surface area contributed by atoms with Gasteiger partial charge in [-0.15, -0.1) is 0 Å². The van der Waals surface area contributed by atoms with Crippen LogP contribution in [0.4, 0.5) is 13.2 Å². The van der Waals surface area contributed by atoms with Crippen LogP contribution in [-0.4, -0.2) is 5.78 Å². The molecule has 0 aliphatic carbocycles. The highest BCUT2D eigenvalue weighted by Crippen LogP contribution is 2.32. The van der Waals surface area contributed by atoms with Crippen LogP contribution in [0.15, 0.2) is 34.7 Å². The van der Waals surface area contributed by atoms with Gasteiger partial charge < -0.3 is 4.42 Å². The number of carbonyl (C=O) groups excluding carboxylic acids is 1. The average Bonchev–Trinajstić information content (AvgIpc) is 2.79. The van der Waals surface area contributed by atoms with Crippen molar-refractivity contribution in [2.45, 2.75) is 26.4 Å². The number of benzene rings is 1.